The van der Waals surface area contributed by atoms with Gasteiger partial charge in [0, 0.05) is 36.0 Å². The first kappa shape index (κ1) is 46.5. The number of carbonyl (C=O) groups excluding carboxylic acids is 3. The number of benzene rings is 3. The number of carbonyl (C=O) groups is 4. The summed E-state index contributed by atoms with van der Waals surface area (Å²) in [5.74, 6) is -5.03. The van der Waals surface area contributed by atoms with Crippen LogP contribution in [0.2, 0.25) is 0 Å². The van der Waals surface area contributed by atoms with Gasteiger partial charge in [0.1, 0.15) is 18.3 Å². The fraction of sp³-hybridized carbons (Fsp3) is 0.451. The molecule has 14 nitrogen and oxygen atoms in total. The van der Waals surface area contributed by atoms with Crippen LogP contribution >= 0.6 is 0 Å². The molecular formula is C51H58O14. The van der Waals surface area contributed by atoms with Crippen molar-refractivity contribution in [3.8, 4) is 34.5 Å². The highest BCUT2D eigenvalue weighted by molar-refractivity contribution is 5.88. The molecule has 0 spiro atoms. The van der Waals surface area contributed by atoms with Crippen LogP contribution in [0.1, 0.15) is 95.2 Å². The SMILES string of the molecule is CC(CCC(=O)O)C1CC[C@H]2[C@@H]3C(OC(=O)/C=C/c4ccc(O)c(O)c4)CC4CC(OC(=O)/C=C/c5ccc(O)c(O)c5)CC[C@]4(C)[C@H]3CC(OC(=O)/C=C/c3ccc(O)c(O)c3)[C@]12C. The van der Waals surface area contributed by atoms with Crippen LogP contribution in [-0.4, -0.2) is 77.9 Å². The fourth-order valence-corrected chi connectivity index (χ4v) is 12.0. The molecule has 346 valence electrons. The van der Waals surface area contributed by atoms with Crippen molar-refractivity contribution in [1.82, 2.24) is 0 Å². The zero-order chi connectivity index (χ0) is 46.8. The minimum Gasteiger partial charge on any atom is -0.504 e. The first-order valence-corrected chi connectivity index (χ1v) is 22.3. The van der Waals surface area contributed by atoms with Gasteiger partial charge >= 0.3 is 23.9 Å². The molecular weight excluding hydrogens is 837 g/mol. The zero-order valence-electron chi connectivity index (χ0n) is 36.7. The molecule has 0 bridgehead atoms. The van der Waals surface area contributed by atoms with E-state index in [1.807, 2.05) is 0 Å². The number of carboxylic acid groups (broad SMARTS) is 1. The summed E-state index contributed by atoms with van der Waals surface area (Å²) < 4.78 is 19.0. The lowest BCUT2D eigenvalue weighted by Gasteiger charge is -2.64. The molecule has 0 radical (unpaired) electrons. The van der Waals surface area contributed by atoms with Crippen molar-refractivity contribution in [3.05, 3.63) is 89.5 Å². The lowest BCUT2D eigenvalue weighted by Crippen LogP contribution is -2.63. The van der Waals surface area contributed by atoms with Crippen molar-refractivity contribution in [2.75, 3.05) is 0 Å². The Morgan fingerprint density at radius 2 is 1.15 bits per heavy atom. The van der Waals surface area contributed by atoms with E-state index in [1.165, 1.54) is 72.9 Å². The topological polar surface area (TPSA) is 238 Å². The fourth-order valence-electron chi connectivity index (χ4n) is 12.0. The molecule has 14 heteroatoms. The molecule has 3 aromatic carbocycles. The maximum Gasteiger partial charge on any atom is 0.331 e. The molecule has 4 aliphatic rings. The predicted molar refractivity (Wildman–Crippen MR) is 238 cm³/mol. The van der Waals surface area contributed by atoms with Crippen LogP contribution < -0.4 is 0 Å². The minimum atomic E-state index is -0.891. The van der Waals surface area contributed by atoms with Crippen molar-refractivity contribution in [2.24, 2.45) is 46.3 Å². The standard InChI is InChI=1S/C51H58O14/c1-28(4-16-45(58)59)34-11-12-35-49-36(27-44(51(34,35)3)65-48(62)19-10-31-7-15-39(54)42(57)24-31)50(2)21-20-33(63-46(60)17-8-29-5-13-37(52)40(55)22-29)25-32(50)26-43(49)64-47(61)18-9-30-6-14-38(53)41(56)23-30/h5-10,13-15,17-19,22-24,28,32-36,43-44,49,52-57H,4,11-12,16,20-21,25-27H2,1-3H3,(H,58,59)/b17-8+,18-9+,19-10+/t28?,32?,33?,34?,35-,36-,43?,44?,49-,50-,51+/m0/s1. The molecule has 0 aliphatic heterocycles. The molecule has 3 aromatic rings. The predicted octanol–water partition coefficient (Wildman–Crippen LogP) is 8.48. The zero-order valence-corrected chi connectivity index (χ0v) is 36.7. The van der Waals surface area contributed by atoms with Crippen molar-refractivity contribution < 1.29 is 69.1 Å². The summed E-state index contributed by atoms with van der Waals surface area (Å²) in [7, 11) is 0. The van der Waals surface area contributed by atoms with Crippen LogP contribution in [0.4, 0.5) is 0 Å². The van der Waals surface area contributed by atoms with E-state index >= 15 is 0 Å². The summed E-state index contributed by atoms with van der Waals surface area (Å²) in [6.07, 6.45) is 11.3. The lowest BCUT2D eigenvalue weighted by atomic mass is 9.43. The van der Waals surface area contributed by atoms with E-state index in [9.17, 15) is 54.9 Å². The number of esters is 3. The Hall–Kier alpha value is -6.44. The largest absolute Gasteiger partial charge is 0.504 e. The molecule has 7 rings (SSSR count). The first-order chi connectivity index (χ1) is 30.8. The van der Waals surface area contributed by atoms with E-state index in [0.29, 0.717) is 55.2 Å². The average Bonchev–Trinajstić information content (AvgIpc) is 3.62. The van der Waals surface area contributed by atoms with Crippen LogP contribution in [0.25, 0.3) is 18.2 Å². The second kappa shape index (κ2) is 19.0. The van der Waals surface area contributed by atoms with E-state index < -0.39 is 47.6 Å². The third kappa shape index (κ3) is 9.96. The Morgan fingerprint density at radius 1 is 0.646 bits per heavy atom. The molecule has 65 heavy (non-hydrogen) atoms. The van der Waals surface area contributed by atoms with Crippen molar-refractivity contribution in [1.29, 1.82) is 0 Å². The summed E-state index contributed by atoms with van der Waals surface area (Å²) in [5, 5.41) is 68.9. The van der Waals surface area contributed by atoms with Crippen LogP contribution in [0.15, 0.2) is 72.8 Å². The second-order valence-electron chi connectivity index (χ2n) is 18.9. The maximum atomic E-state index is 13.9. The quantitative estimate of drug-likeness (QED) is 0.0369. The summed E-state index contributed by atoms with van der Waals surface area (Å²) in [4.78, 5) is 52.6. The minimum absolute atomic E-state index is 0.00973. The monoisotopic (exact) mass is 894 g/mol. The van der Waals surface area contributed by atoms with Crippen LogP contribution in [-0.2, 0) is 33.4 Å². The smallest absolute Gasteiger partial charge is 0.331 e. The highest BCUT2D eigenvalue weighted by Crippen LogP contribution is 2.69. The molecule has 0 amide bonds. The summed E-state index contributed by atoms with van der Waals surface area (Å²) in [6, 6.07) is 12.6. The maximum absolute atomic E-state index is 13.9. The molecule has 11 atom stereocenters. The van der Waals surface area contributed by atoms with Crippen LogP contribution in [0.3, 0.4) is 0 Å². The first-order valence-electron chi connectivity index (χ1n) is 22.3. The molecule has 7 N–H and O–H groups in total. The average molecular weight is 895 g/mol. The van der Waals surface area contributed by atoms with Crippen molar-refractivity contribution >= 4 is 42.1 Å². The van der Waals surface area contributed by atoms with Crippen molar-refractivity contribution in [3.63, 3.8) is 0 Å². The van der Waals surface area contributed by atoms with Gasteiger partial charge in [-0.15, -0.1) is 0 Å². The summed E-state index contributed by atoms with van der Waals surface area (Å²) >= 11 is 0. The Balaban J connectivity index is 1.20. The molecule has 4 aliphatic carbocycles. The van der Waals surface area contributed by atoms with Gasteiger partial charge in [0.05, 0.1) is 0 Å². The van der Waals surface area contributed by atoms with Gasteiger partial charge in [-0.25, -0.2) is 14.4 Å². The third-order valence-corrected chi connectivity index (χ3v) is 15.3. The van der Waals surface area contributed by atoms with E-state index in [2.05, 4.69) is 20.8 Å². The van der Waals surface area contributed by atoms with Crippen LogP contribution in [0.5, 0.6) is 34.5 Å². The van der Waals surface area contributed by atoms with Gasteiger partial charge in [-0.05, 0) is 158 Å². The Morgan fingerprint density at radius 3 is 1.66 bits per heavy atom. The van der Waals surface area contributed by atoms with Gasteiger partial charge in [0.15, 0.2) is 34.5 Å². The van der Waals surface area contributed by atoms with E-state index in [1.54, 1.807) is 18.2 Å². The Labute approximate surface area is 377 Å². The number of aliphatic carboxylic acids is 1. The Kier molecular flexibility index (Phi) is 13.6. The van der Waals surface area contributed by atoms with Gasteiger partial charge in [-0.2, -0.15) is 0 Å². The number of hydrogen-bond acceptors (Lipinski definition) is 13. The molecule has 0 heterocycles. The highest BCUT2D eigenvalue weighted by atomic mass is 16.6. The number of phenols is 6. The molecule has 4 fully saturated rings. The number of ether oxygens (including phenoxy) is 3. The number of fused-ring (bicyclic) bond motifs is 5. The van der Waals surface area contributed by atoms with Gasteiger partial charge < -0.3 is 50.0 Å². The van der Waals surface area contributed by atoms with Gasteiger partial charge in [-0.1, -0.05) is 39.0 Å². The third-order valence-electron chi connectivity index (χ3n) is 15.3. The molecule has 0 saturated heterocycles. The number of hydrogen-bond donors (Lipinski definition) is 7. The van der Waals surface area contributed by atoms with Gasteiger partial charge in [0.2, 0.25) is 0 Å². The van der Waals surface area contributed by atoms with Gasteiger partial charge in [-0.3, -0.25) is 4.79 Å². The van der Waals surface area contributed by atoms with Gasteiger partial charge in [0.25, 0.3) is 0 Å². The van der Waals surface area contributed by atoms with E-state index in [0.717, 1.165) is 12.8 Å². The lowest BCUT2D eigenvalue weighted by molar-refractivity contribution is -0.222. The Bertz CT molecular complexity index is 2380. The number of aromatic hydroxyl groups is 6. The molecule has 6 unspecified atom stereocenters. The van der Waals surface area contributed by atoms with Crippen molar-refractivity contribution in [2.45, 2.75) is 96.9 Å². The number of carboxylic acids is 1. The number of rotatable bonds is 13. The van der Waals surface area contributed by atoms with E-state index in [4.69, 9.17) is 14.2 Å². The summed E-state index contributed by atoms with van der Waals surface area (Å²) in [6.45, 7) is 6.42. The normalized spacial score (nSPS) is 30.0. The molecule has 4 saturated carbocycles. The van der Waals surface area contributed by atoms with E-state index in [-0.39, 0.29) is 81.8 Å². The molecule has 0 aromatic heterocycles. The number of phenolic OH excluding ortho intramolecular Hbond substituents is 6. The second-order valence-corrected chi connectivity index (χ2v) is 18.9. The summed E-state index contributed by atoms with van der Waals surface area (Å²) in [5.41, 5.74) is 0.447. The highest BCUT2D eigenvalue weighted by Gasteiger charge is 2.67. The van der Waals surface area contributed by atoms with Crippen LogP contribution in [0, 0.1) is 46.3 Å².